The van der Waals surface area contributed by atoms with Gasteiger partial charge in [-0.05, 0) is 12.5 Å². The van der Waals surface area contributed by atoms with Gasteiger partial charge in [-0.2, -0.15) is 0 Å². The zero-order valence-electron chi connectivity index (χ0n) is 7.10. The summed E-state index contributed by atoms with van der Waals surface area (Å²) in [6, 6.07) is 1.69. The average molecular weight is 185 g/mol. The van der Waals surface area contributed by atoms with E-state index in [9.17, 15) is 13.6 Å². The molecule has 0 aliphatic rings. The van der Waals surface area contributed by atoms with Crippen LogP contribution in [-0.2, 0) is 6.42 Å². The molecule has 0 atom stereocenters. The van der Waals surface area contributed by atoms with Crippen LogP contribution in [0.25, 0.3) is 0 Å². The molecule has 0 spiro atoms. The zero-order valence-corrected chi connectivity index (χ0v) is 7.10. The third-order valence-corrected chi connectivity index (χ3v) is 1.78. The Bertz CT molecular complexity index is 350. The number of rotatable bonds is 2. The molecule has 0 heterocycles. The minimum Gasteiger partial charge on any atom is -0.366 e. The molecular formula is C9H9F2NO. The van der Waals surface area contributed by atoms with Crippen molar-refractivity contribution in [1.29, 1.82) is 0 Å². The highest BCUT2D eigenvalue weighted by Gasteiger charge is 2.13. The number of carbonyl (C=O) groups is 1. The lowest BCUT2D eigenvalue weighted by Crippen LogP contribution is -2.15. The third kappa shape index (κ3) is 1.83. The molecule has 0 aliphatic carbocycles. The van der Waals surface area contributed by atoms with Crippen molar-refractivity contribution >= 4 is 5.91 Å². The number of halogens is 2. The molecule has 1 aromatic rings. The second kappa shape index (κ2) is 3.51. The van der Waals surface area contributed by atoms with Gasteiger partial charge in [0.15, 0.2) is 0 Å². The Hall–Kier alpha value is -1.45. The first-order valence-electron chi connectivity index (χ1n) is 3.84. The van der Waals surface area contributed by atoms with Gasteiger partial charge in [-0.15, -0.1) is 0 Å². The van der Waals surface area contributed by atoms with Crippen molar-refractivity contribution in [2.45, 2.75) is 13.3 Å². The number of carbonyl (C=O) groups excluding carboxylic acids is 1. The van der Waals surface area contributed by atoms with Gasteiger partial charge in [-0.25, -0.2) is 8.78 Å². The molecular weight excluding hydrogens is 176 g/mol. The third-order valence-electron chi connectivity index (χ3n) is 1.78. The van der Waals surface area contributed by atoms with Gasteiger partial charge >= 0.3 is 0 Å². The predicted octanol–water partition coefficient (Wildman–Crippen LogP) is 1.63. The van der Waals surface area contributed by atoms with Crippen molar-refractivity contribution in [3.63, 3.8) is 0 Å². The molecule has 0 aromatic heterocycles. The fourth-order valence-corrected chi connectivity index (χ4v) is 1.18. The van der Waals surface area contributed by atoms with Gasteiger partial charge in [-0.3, -0.25) is 4.79 Å². The number of amides is 1. The summed E-state index contributed by atoms with van der Waals surface area (Å²) in [7, 11) is 0. The summed E-state index contributed by atoms with van der Waals surface area (Å²) in [6.07, 6.45) is 0.310. The Morgan fingerprint density at radius 3 is 2.54 bits per heavy atom. The molecule has 70 valence electrons. The van der Waals surface area contributed by atoms with Crippen molar-refractivity contribution in [2.75, 3.05) is 0 Å². The summed E-state index contributed by atoms with van der Waals surface area (Å²) < 4.78 is 25.7. The molecule has 1 aromatic carbocycles. The molecule has 4 heteroatoms. The van der Waals surface area contributed by atoms with E-state index in [2.05, 4.69) is 0 Å². The normalized spacial score (nSPS) is 10.1. The van der Waals surface area contributed by atoms with Crippen LogP contribution in [0.3, 0.4) is 0 Å². The Morgan fingerprint density at radius 1 is 1.46 bits per heavy atom. The summed E-state index contributed by atoms with van der Waals surface area (Å²) in [5.74, 6) is -2.32. The first kappa shape index (κ1) is 9.64. The van der Waals surface area contributed by atoms with Crippen LogP contribution in [-0.4, -0.2) is 5.91 Å². The van der Waals surface area contributed by atoms with Crippen molar-refractivity contribution in [3.8, 4) is 0 Å². The molecule has 0 saturated carbocycles. The maximum absolute atomic E-state index is 13.0. The SMILES string of the molecule is CCc1c(F)cc(F)cc1C(N)=O. The lowest BCUT2D eigenvalue weighted by molar-refractivity contribution is 0.0998. The molecule has 0 radical (unpaired) electrons. The average Bonchev–Trinajstić information content (AvgIpc) is 2.02. The highest BCUT2D eigenvalue weighted by molar-refractivity contribution is 5.94. The molecule has 2 N–H and O–H groups in total. The van der Waals surface area contributed by atoms with E-state index >= 15 is 0 Å². The fraction of sp³-hybridized carbons (Fsp3) is 0.222. The van der Waals surface area contributed by atoms with E-state index in [-0.39, 0.29) is 11.1 Å². The summed E-state index contributed by atoms with van der Waals surface area (Å²) in [4.78, 5) is 10.8. The smallest absolute Gasteiger partial charge is 0.249 e. The van der Waals surface area contributed by atoms with Gasteiger partial charge in [-0.1, -0.05) is 6.92 Å². The number of benzene rings is 1. The van der Waals surface area contributed by atoms with Crippen molar-refractivity contribution in [3.05, 3.63) is 34.9 Å². The molecule has 0 saturated heterocycles. The molecule has 1 rings (SSSR count). The van der Waals surface area contributed by atoms with Crippen LogP contribution in [0.1, 0.15) is 22.8 Å². The molecule has 0 aliphatic heterocycles. The maximum Gasteiger partial charge on any atom is 0.249 e. The summed E-state index contributed by atoms with van der Waals surface area (Å²) in [5.41, 5.74) is 5.03. The summed E-state index contributed by atoms with van der Waals surface area (Å²) >= 11 is 0. The van der Waals surface area contributed by atoms with Crippen molar-refractivity contribution in [2.24, 2.45) is 5.73 Å². The number of nitrogens with two attached hydrogens (primary N) is 1. The lowest BCUT2D eigenvalue weighted by Gasteiger charge is -2.05. The minimum absolute atomic E-state index is 0.0833. The van der Waals surface area contributed by atoms with E-state index in [4.69, 9.17) is 5.73 Å². The van der Waals surface area contributed by atoms with E-state index in [1.165, 1.54) is 0 Å². The van der Waals surface area contributed by atoms with Crippen LogP contribution < -0.4 is 5.73 Å². The molecule has 0 unspecified atom stereocenters. The largest absolute Gasteiger partial charge is 0.366 e. The Labute approximate surface area is 74.4 Å². The minimum atomic E-state index is -0.810. The van der Waals surface area contributed by atoms with Crippen LogP contribution in [0.2, 0.25) is 0 Å². The predicted molar refractivity (Wildman–Crippen MR) is 44.3 cm³/mol. The monoisotopic (exact) mass is 185 g/mol. The van der Waals surface area contributed by atoms with Gasteiger partial charge in [0, 0.05) is 17.2 Å². The van der Waals surface area contributed by atoms with E-state index < -0.39 is 17.5 Å². The zero-order chi connectivity index (χ0) is 10.0. The maximum atomic E-state index is 13.0. The Morgan fingerprint density at radius 2 is 2.08 bits per heavy atom. The van der Waals surface area contributed by atoms with Crippen LogP contribution in [0.4, 0.5) is 8.78 Å². The van der Waals surface area contributed by atoms with Crippen molar-refractivity contribution in [1.82, 2.24) is 0 Å². The first-order chi connectivity index (χ1) is 6.06. The van der Waals surface area contributed by atoms with E-state index in [1.807, 2.05) is 0 Å². The standard InChI is InChI=1S/C9H9F2NO/c1-2-6-7(9(12)13)3-5(10)4-8(6)11/h3-4H,2H2,1H3,(H2,12,13). The Kier molecular flexibility index (Phi) is 2.60. The van der Waals surface area contributed by atoms with Gasteiger partial charge in [0.05, 0.1) is 0 Å². The fourth-order valence-electron chi connectivity index (χ4n) is 1.18. The van der Waals surface area contributed by atoms with Crippen LogP contribution in [0.5, 0.6) is 0 Å². The highest BCUT2D eigenvalue weighted by atomic mass is 19.1. The molecule has 0 bridgehead atoms. The molecule has 13 heavy (non-hydrogen) atoms. The molecule has 2 nitrogen and oxygen atoms in total. The van der Waals surface area contributed by atoms with E-state index in [0.29, 0.717) is 6.42 Å². The second-order valence-corrected chi connectivity index (χ2v) is 2.63. The molecule has 1 amide bonds. The van der Waals surface area contributed by atoms with Crippen LogP contribution >= 0.6 is 0 Å². The summed E-state index contributed by atoms with van der Waals surface area (Å²) in [6.45, 7) is 1.67. The number of hydrogen-bond donors (Lipinski definition) is 1. The lowest BCUT2D eigenvalue weighted by atomic mass is 10.0. The second-order valence-electron chi connectivity index (χ2n) is 2.63. The Balaban J connectivity index is 3.38. The van der Waals surface area contributed by atoms with E-state index in [1.54, 1.807) is 6.92 Å². The van der Waals surface area contributed by atoms with E-state index in [0.717, 1.165) is 12.1 Å². The van der Waals surface area contributed by atoms with Gasteiger partial charge in [0.1, 0.15) is 11.6 Å². The first-order valence-corrected chi connectivity index (χ1v) is 3.84. The highest BCUT2D eigenvalue weighted by Crippen LogP contribution is 2.16. The topological polar surface area (TPSA) is 43.1 Å². The quantitative estimate of drug-likeness (QED) is 0.747. The van der Waals surface area contributed by atoms with Crippen LogP contribution in [0.15, 0.2) is 12.1 Å². The number of hydrogen-bond acceptors (Lipinski definition) is 1. The van der Waals surface area contributed by atoms with Crippen molar-refractivity contribution < 1.29 is 13.6 Å². The number of primary amides is 1. The summed E-state index contributed by atoms with van der Waals surface area (Å²) in [5, 5.41) is 0. The molecule has 0 fully saturated rings. The van der Waals surface area contributed by atoms with Gasteiger partial charge in [0.25, 0.3) is 0 Å². The van der Waals surface area contributed by atoms with Crippen LogP contribution in [0, 0.1) is 11.6 Å². The van der Waals surface area contributed by atoms with Gasteiger partial charge in [0.2, 0.25) is 5.91 Å². The van der Waals surface area contributed by atoms with Gasteiger partial charge < -0.3 is 5.73 Å².